The predicted octanol–water partition coefficient (Wildman–Crippen LogP) is 2.35. The van der Waals surface area contributed by atoms with E-state index in [0.29, 0.717) is 23.4 Å². The van der Waals surface area contributed by atoms with Crippen molar-refractivity contribution in [2.24, 2.45) is 0 Å². The third kappa shape index (κ3) is 2.28. The van der Waals surface area contributed by atoms with Crippen LogP contribution in [0.5, 0.6) is 0 Å². The van der Waals surface area contributed by atoms with E-state index in [1.807, 2.05) is 30.3 Å². The van der Waals surface area contributed by atoms with Crippen LogP contribution in [0.25, 0.3) is 11.1 Å². The first-order valence-electron chi connectivity index (χ1n) is 5.81. The minimum absolute atomic E-state index is 0.149. The van der Waals surface area contributed by atoms with Crippen LogP contribution in [-0.2, 0) is 11.3 Å². The second-order valence-corrected chi connectivity index (χ2v) is 3.80. The first-order chi connectivity index (χ1) is 8.77. The number of carbonyl (C=O) groups excluding carboxylic acids is 1. The van der Waals surface area contributed by atoms with E-state index in [0.717, 1.165) is 5.56 Å². The third-order valence-electron chi connectivity index (χ3n) is 2.68. The Kier molecular flexibility index (Phi) is 3.79. The molecule has 0 spiro atoms. The second-order valence-electron chi connectivity index (χ2n) is 3.80. The molecule has 0 aliphatic heterocycles. The van der Waals surface area contributed by atoms with Crippen molar-refractivity contribution < 1.29 is 14.6 Å². The van der Waals surface area contributed by atoms with Crippen molar-refractivity contribution in [1.29, 1.82) is 0 Å². The summed E-state index contributed by atoms with van der Waals surface area (Å²) in [5, 5.41) is 9.32. The van der Waals surface area contributed by atoms with E-state index >= 15 is 0 Å². The number of ether oxygens (including phenoxy) is 1. The molecule has 1 aromatic heterocycles. The first kappa shape index (κ1) is 12.4. The summed E-state index contributed by atoms with van der Waals surface area (Å²) in [5.41, 5.74) is 2.65. The van der Waals surface area contributed by atoms with Crippen molar-refractivity contribution in [3.8, 4) is 11.1 Å². The van der Waals surface area contributed by atoms with Crippen LogP contribution in [-0.4, -0.2) is 22.7 Å². The lowest BCUT2D eigenvalue weighted by atomic mass is 10.0. The zero-order valence-electron chi connectivity index (χ0n) is 10.1. The van der Waals surface area contributed by atoms with Gasteiger partial charge in [-0.1, -0.05) is 30.3 Å². The Bertz CT molecular complexity index is 531. The lowest BCUT2D eigenvalue weighted by Gasteiger charge is -2.06. The quantitative estimate of drug-likeness (QED) is 0.813. The summed E-state index contributed by atoms with van der Waals surface area (Å²) in [6.45, 7) is 1.94. The van der Waals surface area contributed by atoms with Gasteiger partial charge in [0, 0.05) is 17.5 Å². The molecular formula is C14H15NO3. The lowest BCUT2D eigenvalue weighted by molar-refractivity contribution is 0.0527. The number of H-pyrrole nitrogens is 1. The van der Waals surface area contributed by atoms with Crippen LogP contribution >= 0.6 is 0 Å². The number of aliphatic hydroxyl groups excluding tert-OH is 1. The van der Waals surface area contributed by atoms with Gasteiger partial charge in [0.1, 0.15) is 0 Å². The number of hydrogen-bond acceptors (Lipinski definition) is 3. The van der Waals surface area contributed by atoms with Gasteiger partial charge in [0.05, 0.1) is 18.8 Å². The molecule has 2 N–H and O–H groups in total. The second kappa shape index (κ2) is 5.51. The van der Waals surface area contributed by atoms with E-state index in [2.05, 4.69) is 4.98 Å². The Morgan fingerprint density at radius 3 is 2.67 bits per heavy atom. The maximum Gasteiger partial charge on any atom is 0.340 e. The molecule has 0 atom stereocenters. The normalized spacial score (nSPS) is 10.3. The molecule has 0 amide bonds. The van der Waals surface area contributed by atoms with Crippen LogP contribution in [0.2, 0.25) is 0 Å². The van der Waals surface area contributed by atoms with Crippen molar-refractivity contribution in [2.75, 3.05) is 6.61 Å². The van der Waals surface area contributed by atoms with Crippen LogP contribution < -0.4 is 0 Å². The molecule has 2 rings (SSSR count). The number of aliphatic hydroxyl groups is 1. The number of aromatic nitrogens is 1. The van der Waals surface area contributed by atoms with Gasteiger partial charge in [0.15, 0.2) is 0 Å². The molecule has 0 aliphatic rings. The fourth-order valence-electron chi connectivity index (χ4n) is 1.90. The molecule has 0 fully saturated rings. The predicted molar refractivity (Wildman–Crippen MR) is 68.1 cm³/mol. The molecule has 4 heteroatoms. The molecule has 1 heterocycles. The average molecular weight is 245 g/mol. The molecule has 4 nitrogen and oxygen atoms in total. The van der Waals surface area contributed by atoms with Crippen molar-refractivity contribution in [3.05, 3.63) is 47.8 Å². The summed E-state index contributed by atoms with van der Waals surface area (Å²) in [6, 6.07) is 9.46. The van der Waals surface area contributed by atoms with Crippen LogP contribution in [0, 0.1) is 0 Å². The molecule has 0 bridgehead atoms. The van der Waals surface area contributed by atoms with Gasteiger partial charge >= 0.3 is 5.97 Å². The number of benzene rings is 1. The van der Waals surface area contributed by atoms with Crippen molar-refractivity contribution in [2.45, 2.75) is 13.5 Å². The van der Waals surface area contributed by atoms with Gasteiger partial charge in [-0.15, -0.1) is 0 Å². The Hall–Kier alpha value is -2.07. The minimum Gasteiger partial charge on any atom is -0.462 e. The number of carbonyl (C=O) groups is 1. The fourth-order valence-corrected chi connectivity index (χ4v) is 1.90. The van der Waals surface area contributed by atoms with E-state index in [-0.39, 0.29) is 12.6 Å². The monoisotopic (exact) mass is 245 g/mol. The molecule has 18 heavy (non-hydrogen) atoms. The number of aromatic amines is 1. The molecule has 0 unspecified atom stereocenters. The standard InChI is InChI=1S/C14H15NO3/c1-2-18-14(17)11-8-15-12(9-16)13(11)10-6-4-3-5-7-10/h3-8,15-16H,2,9H2,1H3. The van der Waals surface area contributed by atoms with Gasteiger partial charge in [-0.2, -0.15) is 0 Å². The molecule has 2 aromatic rings. The highest BCUT2D eigenvalue weighted by Crippen LogP contribution is 2.28. The van der Waals surface area contributed by atoms with E-state index in [1.54, 1.807) is 13.1 Å². The Morgan fingerprint density at radius 2 is 2.06 bits per heavy atom. The molecule has 0 saturated carbocycles. The van der Waals surface area contributed by atoms with Gasteiger partial charge in [-0.05, 0) is 12.5 Å². The SMILES string of the molecule is CCOC(=O)c1c[nH]c(CO)c1-c1ccccc1. The van der Waals surface area contributed by atoms with Gasteiger partial charge in [-0.25, -0.2) is 4.79 Å². The van der Waals surface area contributed by atoms with E-state index < -0.39 is 0 Å². The van der Waals surface area contributed by atoms with Crippen molar-refractivity contribution >= 4 is 5.97 Å². The number of rotatable bonds is 4. The Balaban J connectivity index is 2.50. The largest absolute Gasteiger partial charge is 0.462 e. The van der Waals surface area contributed by atoms with Crippen LogP contribution in [0.4, 0.5) is 0 Å². The summed E-state index contributed by atoms with van der Waals surface area (Å²) in [6.07, 6.45) is 1.58. The smallest absolute Gasteiger partial charge is 0.340 e. The lowest BCUT2D eigenvalue weighted by Crippen LogP contribution is -2.05. The summed E-state index contributed by atoms with van der Waals surface area (Å²) in [7, 11) is 0. The maximum absolute atomic E-state index is 11.8. The number of esters is 1. The van der Waals surface area contributed by atoms with Gasteiger partial charge in [0.25, 0.3) is 0 Å². The summed E-state index contributed by atoms with van der Waals surface area (Å²) >= 11 is 0. The average Bonchev–Trinajstić information content (AvgIpc) is 2.83. The van der Waals surface area contributed by atoms with Gasteiger partial charge in [0.2, 0.25) is 0 Å². The number of nitrogens with one attached hydrogen (secondary N) is 1. The summed E-state index contributed by atoms with van der Waals surface area (Å²) < 4.78 is 5.01. The third-order valence-corrected chi connectivity index (χ3v) is 2.68. The molecular weight excluding hydrogens is 230 g/mol. The first-order valence-corrected chi connectivity index (χ1v) is 5.81. The van der Waals surface area contributed by atoms with Crippen molar-refractivity contribution in [1.82, 2.24) is 4.98 Å². The zero-order valence-corrected chi connectivity index (χ0v) is 10.1. The minimum atomic E-state index is -0.382. The molecule has 0 radical (unpaired) electrons. The van der Waals surface area contributed by atoms with E-state index in [1.165, 1.54) is 0 Å². The van der Waals surface area contributed by atoms with Crippen LogP contribution in [0.1, 0.15) is 23.0 Å². The highest BCUT2D eigenvalue weighted by molar-refractivity contribution is 5.98. The Labute approximate surface area is 105 Å². The highest BCUT2D eigenvalue weighted by Gasteiger charge is 2.19. The van der Waals surface area contributed by atoms with Crippen LogP contribution in [0.15, 0.2) is 36.5 Å². The van der Waals surface area contributed by atoms with E-state index in [4.69, 9.17) is 4.74 Å². The van der Waals surface area contributed by atoms with Crippen molar-refractivity contribution in [3.63, 3.8) is 0 Å². The van der Waals surface area contributed by atoms with Gasteiger partial charge < -0.3 is 14.8 Å². The molecule has 1 aromatic carbocycles. The fraction of sp³-hybridized carbons (Fsp3) is 0.214. The van der Waals surface area contributed by atoms with Crippen LogP contribution in [0.3, 0.4) is 0 Å². The molecule has 94 valence electrons. The van der Waals surface area contributed by atoms with Gasteiger partial charge in [-0.3, -0.25) is 0 Å². The highest BCUT2D eigenvalue weighted by atomic mass is 16.5. The molecule has 0 aliphatic carbocycles. The summed E-state index contributed by atoms with van der Waals surface area (Å²) in [4.78, 5) is 14.8. The maximum atomic E-state index is 11.8. The zero-order chi connectivity index (χ0) is 13.0. The number of hydrogen-bond donors (Lipinski definition) is 2. The topological polar surface area (TPSA) is 62.3 Å². The van der Waals surface area contributed by atoms with E-state index in [9.17, 15) is 9.90 Å². The molecule has 0 saturated heterocycles. The Morgan fingerprint density at radius 1 is 1.33 bits per heavy atom. The summed E-state index contributed by atoms with van der Waals surface area (Å²) in [5.74, 6) is -0.382.